The van der Waals surface area contributed by atoms with Crippen LogP contribution in [-0.2, 0) is 0 Å². The fourth-order valence-corrected chi connectivity index (χ4v) is 2.92. The number of amides is 1. The number of hydrogen-bond donors (Lipinski definition) is 2. The summed E-state index contributed by atoms with van der Waals surface area (Å²) >= 11 is 3.24. The fraction of sp³-hybridized carbons (Fsp3) is 0.500. The Labute approximate surface area is 121 Å². The highest BCUT2D eigenvalue weighted by Gasteiger charge is 2.30. The minimum Gasteiger partial charge on any atom is -0.507 e. The van der Waals surface area contributed by atoms with E-state index in [2.05, 4.69) is 15.9 Å². The first kappa shape index (κ1) is 14.3. The van der Waals surface area contributed by atoms with Crippen LogP contribution in [-0.4, -0.2) is 40.2 Å². The molecule has 4 nitrogen and oxygen atoms in total. The predicted molar refractivity (Wildman–Crippen MR) is 76.2 cm³/mol. The molecule has 1 saturated carbocycles. The number of carbonyl (C=O) groups excluding carboxylic acids is 1. The maximum Gasteiger partial charge on any atom is 0.257 e. The molecule has 1 aromatic rings. The molecule has 2 rings (SSSR count). The Morgan fingerprint density at radius 3 is 2.68 bits per heavy atom. The molecule has 5 heteroatoms. The van der Waals surface area contributed by atoms with Gasteiger partial charge in [0.15, 0.2) is 0 Å². The van der Waals surface area contributed by atoms with E-state index in [4.69, 9.17) is 0 Å². The smallest absolute Gasteiger partial charge is 0.257 e. The third-order valence-corrected chi connectivity index (χ3v) is 4.20. The van der Waals surface area contributed by atoms with Crippen LogP contribution in [0.3, 0.4) is 0 Å². The second-order valence-electron chi connectivity index (χ2n) is 5.00. The summed E-state index contributed by atoms with van der Waals surface area (Å²) in [6.07, 6.45) is 3.09. The lowest BCUT2D eigenvalue weighted by molar-refractivity contribution is 0.0266. The summed E-state index contributed by atoms with van der Waals surface area (Å²) in [5.41, 5.74) is 0.267. The maximum absolute atomic E-state index is 12.4. The summed E-state index contributed by atoms with van der Waals surface area (Å²) in [6, 6.07) is 4.65. The summed E-state index contributed by atoms with van der Waals surface area (Å²) in [7, 11) is 1.68. The lowest BCUT2D eigenvalue weighted by atomic mass is 9.91. The second kappa shape index (κ2) is 5.92. The van der Waals surface area contributed by atoms with E-state index >= 15 is 0 Å². The number of nitrogens with zero attached hydrogens (tertiary/aromatic N) is 1. The molecule has 1 aliphatic carbocycles. The van der Waals surface area contributed by atoms with Gasteiger partial charge in [-0.2, -0.15) is 0 Å². The van der Waals surface area contributed by atoms with Crippen LogP contribution >= 0.6 is 15.9 Å². The van der Waals surface area contributed by atoms with Gasteiger partial charge >= 0.3 is 0 Å². The van der Waals surface area contributed by atoms with Crippen LogP contribution < -0.4 is 0 Å². The van der Waals surface area contributed by atoms with Crippen LogP contribution in [0, 0.1) is 0 Å². The molecule has 0 bridgehead atoms. The zero-order chi connectivity index (χ0) is 14.0. The summed E-state index contributed by atoms with van der Waals surface area (Å²) in [6.45, 7) is 0. The van der Waals surface area contributed by atoms with E-state index in [1.807, 2.05) is 0 Å². The van der Waals surface area contributed by atoms with Crippen molar-refractivity contribution in [1.82, 2.24) is 4.90 Å². The molecule has 1 amide bonds. The Morgan fingerprint density at radius 2 is 2.05 bits per heavy atom. The van der Waals surface area contributed by atoms with Crippen LogP contribution in [0.5, 0.6) is 5.75 Å². The third-order valence-electron chi connectivity index (χ3n) is 3.70. The Hall–Kier alpha value is -1.07. The monoisotopic (exact) mass is 327 g/mol. The number of hydrogen-bond acceptors (Lipinski definition) is 3. The Morgan fingerprint density at radius 1 is 1.37 bits per heavy atom. The highest BCUT2D eigenvalue weighted by Crippen LogP contribution is 2.27. The van der Waals surface area contributed by atoms with Crippen molar-refractivity contribution < 1.29 is 15.0 Å². The maximum atomic E-state index is 12.4. The van der Waals surface area contributed by atoms with Crippen molar-refractivity contribution >= 4 is 21.8 Å². The van der Waals surface area contributed by atoms with Crippen molar-refractivity contribution in [2.45, 2.75) is 37.8 Å². The molecule has 2 unspecified atom stereocenters. The van der Waals surface area contributed by atoms with Crippen molar-refractivity contribution in [3.05, 3.63) is 28.2 Å². The number of aliphatic hydroxyl groups excluding tert-OH is 1. The van der Waals surface area contributed by atoms with Gasteiger partial charge in [-0.25, -0.2) is 0 Å². The van der Waals surface area contributed by atoms with Crippen molar-refractivity contribution in [2.24, 2.45) is 0 Å². The molecule has 1 aromatic carbocycles. The van der Waals surface area contributed by atoms with Crippen LogP contribution in [0.25, 0.3) is 0 Å². The van der Waals surface area contributed by atoms with E-state index in [-0.39, 0.29) is 23.3 Å². The first-order chi connectivity index (χ1) is 9.00. The largest absolute Gasteiger partial charge is 0.507 e. The lowest BCUT2D eigenvalue weighted by Gasteiger charge is -2.35. The van der Waals surface area contributed by atoms with Gasteiger partial charge in [0.25, 0.3) is 5.91 Å². The molecule has 0 heterocycles. The fourth-order valence-electron chi connectivity index (χ4n) is 2.57. The topological polar surface area (TPSA) is 60.8 Å². The zero-order valence-corrected chi connectivity index (χ0v) is 12.4. The van der Waals surface area contributed by atoms with Crippen molar-refractivity contribution in [3.8, 4) is 5.75 Å². The number of benzene rings is 1. The van der Waals surface area contributed by atoms with Gasteiger partial charge in [0, 0.05) is 11.5 Å². The second-order valence-corrected chi connectivity index (χ2v) is 5.91. The summed E-state index contributed by atoms with van der Waals surface area (Å²) in [5, 5.41) is 19.8. The Kier molecular flexibility index (Phi) is 4.47. The molecule has 1 fully saturated rings. The number of carbonyl (C=O) groups is 1. The quantitative estimate of drug-likeness (QED) is 0.877. The number of rotatable bonds is 2. The molecule has 2 atom stereocenters. The Bertz CT molecular complexity index is 478. The van der Waals surface area contributed by atoms with Gasteiger partial charge in [-0.1, -0.05) is 28.8 Å². The van der Waals surface area contributed by atoms with Crippen LogP contribution in [0.15, 0.2) is 22.7 Å². The first-order valence-electron chi connectivity index (χ1n) is 6.44. The molecular weight excluding hydrogens is 310 g/mol. The van der Waals surface area contributed by atoms with Gasteiger partial charge in [-0.3, -0.25) is 4.79 Å². The van der Waals surface area contributed by atoms with Gasteiger partial charge in [0.1, 0.15) is 5.75 Å². The summed E-state index contributed by atoms with van der Waals surface area (Å²) < 4.78 is 0.724. The number of aromatic hydroxyl groups is 1. The standard InChI is InChI=1S/C14H18BrNO3/c1-16(11-4-2-3-5-12(11)17)14(19)10-7-6-9(15)8-13(10)18/h6-8,11-12,17-18H,2-5H2,1H3. The van der Waals surface area contributed by atoms with Crippen LogP contribution in [0.1, 0.15) is 36.0 Å². The lowest BCUT2D eigenvalue weighted by Crippen LogP contribution is -2.46. The predicted octanol–water partition coefficient (Wildman–Crippen LogP) is 2.53. The molecule has 1 aliphatic rings. The van der Waals surface area contributed by atoms with Gasteiger partial charge in [0.2, 0.25) is 0 Å². The minimum absolute atomic E-state index is 0.0449. The van der Waals surface area contributed by atoms with Gasteiger partial charge < -0.3 is 15.1 Å². The van der Waals surface area contributed by atoms with Gasteiger partial charge in [-0.15, -0.1) is 0 Å². The minimum atomic E-state index is -0.472. The molecule has 0 spiro atoms. The Balaban J connectivity index is 2.18. The van der Waals surface area contributed by atoms with Gasteiger partial charge in [0.05, 0.1) is 17.7 Å². The third kappa shape index (κ3) is 3.09. The first-order valence-corrected chi connectivity index (χ1v) is 7.23. The SMILES string of the molecule is CN(C(=O)c1ccc(Br)cc1O)C1CCCCC1O. The van der Waals surface area contributed by atoms with E-state index in [0.29, 0.717) is 0 Å². The molecule has 2 N–H and O–H groups in total. The normalized spacial score (nSPS) is 23.1. The van der Waals surface area contributed by atoms with E-state index in [0.717, 1.165) is 30.2 Å². The van der Waals surface area contributed by atoms with Crippen molar-refractivity contribution in [2.75, 3.05) is 7.05 Å². The molecule has 19 heavy (non-hydrogen) atoms. The molecule has 0 aromatic heterocycles. The highest BCUT2D eigenvalue weighted by atomic mass is 79.9. The van der Waals surface area contributed by atoms with E-state index in [1.165, 1.54) is 6.07 Å². The van der Waals surface area contributed by atoms with Crippen LogP contribution in [0.4, 0.5) is 0 Å². The average molecular weight is 328 g/mol. The van der Waals surface area contributed by atoms with Crippen LogP contribution in [0.2, 0.25) is 0 Å². The number of likely N-dealkylation sites (N-methyl/N-ethyl adjacent to an activating group) is 1. The zero-order valence-electron chi connectivity index (χ0n) is 10.8. The molecule has 0 aliphatic heterocycles. The molecular formula is C14H18BrNO3. The van der Waals surface area contributed by atoms with E-state index in [1.54, 1.807) is 24.1 Å². The molecule has 104 valence electrons. The molecule has 0 saturated heterocycles. The number of halogens is 1. The number of phenols is 1. The average Bonchev–Trinajstić information content (AvgIpc) is 2.38. The van der Waals surface area contributed by atoms with Crippen molar-refractivity contribution in [1.29, 1.82) is 0 Å². The summed E-state index contributed by atoms with van der Waals surface area (Å²) in [5.74, 6) is -0.299. The highest BCUT2D eigenvalue weighted by molar-refractivity contribution is 9.10. The molecule has 0 radical (unpaired) electrons. The van der Waals surface area contributed by atoms with E-state index < -0.39 is 6.10 Å². The summed E-state index contributed by atoms with van der Waals surface area (Å²) in [4.78, 5) is 13.9. The van der Waals surface area contributed by atoms with Crippen molar-refractivity contribution in [3.63, 3.8) is 0 Å². The van der Waals surface area contributed by atoms with Gasteiger partial charge in [-0.05, 0) is 31.0 Å². The number of aliphatic hydroxyl groups is 1. The number of phenolic OH excluding ortho intramolecular Hbond substituents is 1. The van der Waals surface area contributed by atoms with E-state index in [9.17, 15) is 15.0 Å².